The lowest BCUT2D eigenvalue weighted by Gasteiger charge is -2.27. The molecule has 0 aliphatic heterocycles. The molecule has 0 saturated carbocycles. The quantitative estimate of drug-likeness (QED) is 0.0205. The van der Waals surface area contributed by atoms with Gasteiger partial charge >= 0.3 is 13.8 Å². The van der Waals surface area contributed by atoms with E-state index in [2.05, 4.69) is 86.8 Å². The molecule has 0 aromatic rings. The molecule has 0 spiro atoms. The molecule has 0 aliphatic rings. The summed E-state index contributed by atoms with van der Waals surface area (Å²) in [6, 6.07) is -0.859. The predicted octanol–water partition coefficient (Wildman–Crippen LogP) is 22.0. The Kier molecular flexibility index (Phi) is 59.6. The number of carbonyl (C=O) groups is 2. The summed E-state index contributed by atoms with van der Waals surface area (Å²) in [5.74, 6) is -0.521. The van der Waals surface area contributed by atoms with Gasteiger partial charge in [0.15, 0.2) is 0 Å². The highest BCUT2D eigenvalue weighted by molar-refractivity contribution is 7.47. The highest BCUT2D eigenvalue weighted by atomic mass is 31.2. The van der Waals surface area contributed by atoms with Crippen molar-refractivity contribution in [2.45, 2.75) is 335 Å². The van der Waals surface area contributed by atoms with Crippen LogP contribution in [0.1, 0.15) is 323 Å². The maximum Gasteiger partial charge on any atom is 0.472 e. The Balaban J connectivity index is 5.04. The third kappa shape index (κ3) is 62.0. The van der Waals surface area contributed by atoms with E-state index in [9.17, 15) is 19.0 Å². The van der Waals surface area contributed by atoms with Gasteiger partial charge in [0, 0.05) is 12.8 Å². The summed E-state index contributed by atoms with van der Waals surface area (Å²) in [5.41, 5.74) is 0. The number of allylic oxidation sites excluding steroid dienone is 11. The first-order valence-corrected chi connectivity index (χ1v) is 36.3. The van der Waals surface area contributed by atoms with Crippen molar-refractivity contribution in [3.8, 4) is 0 Å². The number of ether oxygens (including phenoxy) is 1. The predicted molar refractivity (Wildman–Crippen MR) is 355 cm³/mol. The van der Waals surface area contributed by atoms with E-state index in [1.165, 1.54) is 199 Å². The normalized spacial score (nSPS) is 14.0. The molecule has 1 amide bonds. The SMILES string of the molecule is CCCCC/C=C\C/C=C\C/C=C\CCCCCCC(=O)OC(/C=C\CCCCCCCCCCCC)C(COP(=O)(O)OCC[N+](C)(C)C)NC(=O)CCCCCCCCCCCCCCCCCCC/C=C\C/C=C\CCCCC. The summed E-state index contributed by atoms with van der Waals surface area (Å²) < 4.78 is 30.8. The van der Waals surface area contributed by atoms with E-state index in [1.807, 2.05) is 33.3 Å². The molecule has 0 aromatic heterocycles. The highest BCUT2D eigenvalue weighted by Gasteiger charge is 2.30. The second-order valence-corrected chi connectivity index (χ2v) is 26.1. The van der Waals surface area contributed by atoms with E-state index in [1.54, 1.807) is 0 Å². The number of phosphoric acid groups is 1. The van der Waals surface area contributed by atoms with Gasteiger partial charge in [0.25, 0.3) is 0 Å². The lowest BCUT2D eigenvalue weighted by Crippen LogP contribution is -2.47. The van der Waals surface area contributed by atoms with Crippen LogP contribution in [0.2, 0.25) is 0 Å². The van der Waals surface area contributed by atoms with Gasteiger partial charge in [-0.05, 0) is 102 Å². The smallest absolute Gasteiger partial charge is 0.456 e. The van der Waals surface area contributed by atoms with Crippen molar-refractivity contribution < 1.29 is 37.3 Å². The Morgan fingerprint density at radius 1 is 0.427 bits per heavy atom. The third-order valence-corrected chi connectivity index (χ3v) is 16.4. The zero-order valence-electron chi connectivity index (χ0n) is 54.7. The van der Waals surface area contributed by atoms with Crippen LogP contribution in [0.3, 0.4) is 0 Å². The molecule has 3 atom stereocenters. The Bertz CT molecular complexity index is 1630. The maximum atomic E-state index is 13.6. The van der Waals surface area contributed by atoms with Gasteiger partial charge in [-0.2, -0.15) is 0 Å². The number of rotatable bonds is 63. The van der Waals surface area contributed by atoms with Crippen molar-refractivity contribution in [2.75, 3.05) is 40.9 Å². The first-order valence-electron chi connectivity index (χ1n) is 34.8. The van der Waals surface area contributed by atoms with Crippen LogP contribution in [-0.2, 0) is 27.9 Å². The first-order chi connectivity index (χ1) is 39.9. The molecule has 82 heavy (non-hydrogen) atoms. The van der Waals surface area contributed by atoms with Crippen LogP contribution < -0.4 is 5.32 Å². The van der Waals surface area contributed by atoms with Crippen molar-refractivity contribution in [1.29, 1.82) is 0 Å². The monoisotopic (exact) mass is 1170 g/mol. The highest BCUT2D eigenvalue weighted by Crippen LogP contribution is 2.43. The number of hydrogen-bond acceptors (Lipinski definition) is 6. The molecule has 0 bridgehead atoms. The van der Waals surface area contributed by atoms with Gasteiger partial charge in [-0.25, -0.2) is 4.57 Å². The minimum atomic E-state index is -4.46. The number of unbranched alkanes of at least 4 members (excludes halogenated alkanes) is 37. The lowest BCUT2D eigenvalue weighted by molar-refractivity contribution is -0.870. The van der Waals surface area contributed by atoms with Crippen molar-refractivity contribution in [2.24, 2.45) is 0 Å². The number of amides is 1. The average molecular weight is 1170 g/mol. The number of nitrogens with zero attached hydrogens (tertiary/aromatic N) is 1. The van der Waals surface area contributed by atoms with Gasteiger partial charge in [-0.15, -0.1) is 0 Å². The molecule has 0 heterocycles. The summed E-state index contributed by atoms with van der Waals surface area (Å²) in [5, 5.41) is 3.06. The molecular formula is C72H134N2O7P+. The van der Waals surface area contributed by atoms with Gasteiger partial charge in [-0.1, -0.05) is 280 Å². The molecule has 0 saturated heterocycles. The molecular weight excluding hydrogens is 1040 g/mol. The largest absolute Gasteiger partial charge is 0.472 e. The minimum Gasteiger partial charge on any atom is -0.456 e. The maximum absolute atomic E-state index is 13.6. The van der Waals surface area contributed by atoms with Crippen molar-refractivity contribution in [3.63, 3.8) is 0 Å². The summed E-state index contributed by atoms with van der Waals surface area (Å²) in [4.78, 5) is 37.8. The molecule has 0 fully saturated rings. The molecule has 9 nitrogen and oxygen atoms in total. The minimum absolute atomic E-state index is 0.0356. The van der Waals surface area contributed by atoms with Gasteiger partial charge in [0.05, 0.1) is 33.8 Å². The third-order valence-electron chi connectivity index (χ3n) is 15.4. The Hall–Kier alpha value is -2.55. The second-order valence-electron chi connectivity index (χ2n) is 24.7. The Morgan fingerprint density at radius 3 is 1.13 bits per heavy atom. The van der Waals surface area contributed by atoms with Gasteiger partial charge in [-0.3, -0.25) is 18.6 Å². The fourth-order valence-electron chi connectivity index (χ4n) is 9.98. The molecule has 0 aromatic carbocycles. The average Bonchev–Trinajstić information content (AvgIpc) is 3.44. The molecule has 3 unspecified atom stereocenters. The van der Waals surface area contributed by atoms with E-state index in [0.29, 0.717) is 23.9 Å². The van der Waals surface area contributed by atoms with E-state index < -0.39 is 20.0 Å². The summed E-state index contributed by atoms with van der Waals surface area (Å²) in [7, 11) is 1.49. The van der Waals surface area contributed by atoms with Gasteiger partial charge < -0.3 is 19.4 Å². The first kappa shape index (κ1) is 79.5. The van der Waals surface area contributed by atoms with Crippen LogP contribution in [0.5, 0.6) is 0 Å². The molecule has 0 rings (SSSR count). The van der Waals surface area contributed by atoms with Crippen molar-refractivity contribution in [1.82, 2.24) is 5.32 Å². The van der Waals surface area contributed by atoms with Crippen LogP contribution in [0.15, 0.2) is 72.9 Å². The second kappa shape index (κ2) is 61.5. The lowest BCUT2D eigenvalue weighted by atomic mass is 10.0. The molecule has 0 radical (unpaired) electrons. The van der Waals surface area contributed by atoms with Crippen LogP contribution in [0.4, 0.5) is 0 Å². The van der Waals surface area contributed by atoms with Crippen molar-refractivity contribution >= 4 is 19.7 Å². The number of hydrogen-bond donors (Lipinski definition) is 2. The van der Waals surface area contributed by atoms with E-state index in [4.69, 9.17) is 13.8 Å². The fraction of sp³-hybridized carbons (Fsp3) is 0.806. The topological polar surface area (TPSA) is 111 Å². The van der Waals surface area contributed by atoms with E-state index in [-0.39, 0.29) is 31.5 Å². The number of esters is 1. The zero-order chi connectivity index (χ0) is 60.0. The summed E-state index contributed by atoms with van der Waals surface area (Å²) in [6.45, 7) is 6.97. The van der Waals surface area contributed by atoms with Crippen LogP contribution >= 0.6 is 7.82 Å². The molecule has 478 valence electrons. The summed E-state index contributed by atoms with van der Waals surface area (Å²) >= 11 is 0. The van der Waals surface area contributed by atoms with Crippen LogP contribution in [0, 0.1) is 0 Å². The van der Waals surface area contributed by atoms with Crippen molar-refractivity contribution in [3.05, 3.63) is 72.9 Å². The Morgan fingerprint density at radius 2 is 0.744 bits per heavy atom. The number of nitrogens with one attached hydrogen (secondary N) is 1. The van der Waals surface area contributed by atoms with Crippen LogP contribution in [0.25, 0.3) is 0 Å². The van der Waals surface area contributed by atoms with Gasteiger partial charge in [0.1, 0.15) is 19.3 Å². The zero-order valence-corrected chi connectivity index (χ0v) is 55.6. The summed E-state index contributed by atoms with van der Waals surface area (Å²) in [6.07, 6.45) is 80.6. The van der Waals surface area contributed by atoms with E-state index >= 15 is 0 Å². The number of phosphoric ester groups is 1. The number of quaternary nitrogens is 1. The molecule has 2 N–H and O–H groups in total. The van der Waals surface area contributed by atoms with Gasteiger partial charge in [0.2, 0.25) is 5.91 Å². The number of carbonyl (C=O) groups excluding carboxylic acids is 2. The molecule has 0 aliphatic carbocycles. The Labute approximate surface area is 508 Å². The van der Waals surface area contributed by atoms with Crippen LogP contribution in [-0.4, -0.2) is 74.3 Å². The fourth-order valence-corrected chi connectivity index (χ4v) is 10.7. The molecule has 10 heteroatoms. The van der Waals surface area contributed by atoms with E-state index in [0.717, 1.165) is 83.5 Å². The number of likely N-dealkylation sites (N-methyl/N-ethyl adjacent to an activating group) is 1. The standard InChI is InChI=1S/C72H133N2O7P/c1-7-10-13-16-19-22-25-28-30-32-33-34-35-36-37-38-39-40-41-43-44-46-49-52-55-58-61-64-71(75)73-69(68-80-82(77,78)79-67-66-74(4,5)6)70(63-60-57-54-51-48-27-24-21-18-15-12-9-3)81-72(76)65-62-59-56-53-50-47-45-42-31-29-26-23-20-17-14-11-8-2/h19-20,22-23,28-31,45,47,60,63,69-70H,7-18,21,24-27,32-44,46,48-59,61-62,64-68H2,1-6H3,(H-,73,75,77,78)/p+1/b22-19-,23-20-,30-28-,31-29-,47-45-,63-60-.